The second kappa shape index (κ2) is 6.80. The van der Waals surface area contributed by atoms with Crippen LogP contribution in [0.2, 0.25) is 0 Å². The van der Waals surface area contributed by atoms with Gasteiger partial charge in [-0.1, -0.05) is 0 Å². The molecule has 3 rings (SSSR count). The Kier molecular flexibility index (Phi) is 4.59. The molecule has 6 heteroatoms. The lowest BCUT2D eigenvalue weighted by Gasteiger charge is -2.23. The number of aromatic amines is 1. The summed E-state index contributed by atoms with van der Waals surface area (Å²) in [4.78, 5) is 0. The quantitative estimate of drug-likeness (QED) is 0.880. The van der Waals surface area contributed by atoms with Gasteiger partial charge in [-0.2, -0.15) is 5.10 Å². The minimum Gasteiger partial charge on any atom is -0.376 e. The number of hydrogen-bond donors (Lipinski definition) is 2. The first-order valence-corrected chi connectivity index (χ1v) is 7.01. The first kappa shape index (κ1) is 14.2. The number of halogens is 1. The Hall–Kier alpha value is -1.76. The normalized spacial score (nSPS) is 18.8. The molecular weight excluding hydrogens is 273 g/mol. The first-order chi connectivity index (χ1) is 10.3. The summed E-state index contributed by atoms with van der Waals surface area (Å²) in [6.45, 7) is 3.35. The van der Waals surface area contributed by atoms with E-state index in [4.69, 9.17) is 9.47 Å². The molecule has 0 spiro atoms. The zero-order chi connectivity index (χ0) is 14.5. The fraction of sp³-hybridized carbons (Fsp3) is 0.400. The van der Waals surface area contributed by atoms with Gasteiger partial charge in [0, 0.05) is 24.2 Å². The average Bonchev–Trinajstić information content (AvgIpc) is 2.98. The van der Waals surface area contributed by atoms with Crippen LogP contribution >= 0.6 is 0 Å². The van der Waals surface area contributed by atoms with Gasteiger partial charge in [-0.25, -0.2) is 4.39 Å². The number of benzene rings is 1. The van der Waals surface area contributed by atoms with Crippen molar-refractivity contribution in [3.05, 3.63) is 41.8 Å². The highest BCUT2D eigenvalue weighted by molar-refractivity contribution is 5.62. The summed E-state index contributed by atoms with van der Waals surface area (Å²) in [5.41, 5.74) is 2.87. The molecule has 1 aliphatic rings. The topological polar surface area (TPSA) is 59.2 Å². The molecule has 0 saturated carbocycles. The molecular formula is C15H18FN3O2. The summed E-state index contributed by atoms with van der Waals surface area (Å²) in [5, 5.41) is 10.4. The highest BCUT2D eigenvalue weighted by Crippen LogP contribution is 2.21. The highest BCUT2D eigenvalue weighted by Gasteiger charge is 2.14. The van der Waals surface area contributed by atoms with Gasteiger partial charge < -0.3 is 14.8 Å². The van der Waals surface area contributed by atoms with E-state index in [-0.39, 0.29) is 11.9 Å². The van der Waals surface area contributed by atoms with E-state index in [9.17, 15) is 4.39 Å². The van der Waals surface area contributed by atoms with Crippen LogP contribution in [0.25, 0.3) is 11.3 Å². The van der Waals surface area contributed by atoms with Gasteiger partial charge in [0.25, 0.3) is 0 Å². The van der Waals surface area contributed by atoms with E-state index in [1.165, 1.54) is 12.1 Å². The lowest BCUT2D eigenvalue weighted by Crippen LogP contribution is -2.37. The smallest absolute Gasteiger partial charge is 0.123 e. The predicted octanol–water partition coefficient (Wildman–Crippen LogP) is 1.72. The maximum Gasteiger partial charge on any atom is 0.123 e. The summed E-state index contributed by atoms with van der Waals surface area (Å²) in [6.07, 6.45) is 1.88. The van der Waals surface area contributed by atoms with E-state index < -0.39 is 0 Å². The van der Waals surface area contributed by atoms with Crippen molar-refractivity contribution in [1.82, 2.24) is 15.5 Å². The summed E-state index contributed by atoms with van der Waals surface area (Å²) in [7, 11) is 0. The molecule has 1 aliphatic heterocycles. The summed E-state index contributed by atoms with van der Waals surface area (Å²) < 4.78 is 23.9. The maximum atomic E-state index is 13.0. The van der Waals surface area contributed by atoms with E-state index in [0.29, 0.717) is 26.4 Å². The van der Waals surface area contributed by atoms with Crippen LogP contribution in [0, 0.1) is 5.82 Å². The first-order valence-electron chi connectivity index (χ1n) is 7.01. The Morgan fingerprint density at radius 1 is 1.29 bits per heavy atom. The highest BCUT2D eigenvalue weighted by atomic mass is 19.1. The standard InChI is InChI=1S/C15H18FN3O2/c16-13-3-1-11(2-4-13)15-12(8-18-19-15)7-17-9-14-10-20-5-6-21-14/h1-4,8,14,17H,5-7,9-10H2,(H,18,19)/t14-/m1/s1. The van der Waals surface area contributed by atoms with Gasteiger partial charge in [0.2, 0.25) is 0 Å². The molecule has 0 radical (unpaired) electrons. The van der Waals surface area contributed by atoms with Gasteiger partial charge in [0.05, 0.1) is 37.8 Å². The second-order valence-corrected chi connectivity index (χ2v) is 4.98. The van der Waals surface area contributed by atoms with Crippen molar-refractivity contribution in [1.29, 1.82) is 0 Å². The lowest BCUT2D eigenvalue weighted by atomic mass is 10.1. The van der Waals surface area contributed by atoms with Crippen molar-refractivity contribution < 1.29 is 13.9 Å². The molecule has 0 amide bonds. The van der Waals surface area contributed by atoms with E-state index in [0.717, 1.165) is 23.4 Å². The molecule has 1 aromatic heterocycles. The van der Waals surface area contributed by atoms with Gasteiger partial charge in [-0.05, 0) is 24.3 Å². The van der Waals surface area contributed by atoms with Crippen molar-refractivity contribution in [2.45, 2.75) is 12.6 Å². The molecule has 2 heterocycles. The molecule has 21 heavy (non-hydrogen) atoms. The number of rotatable bonds is 5. The molecule has 2 aromatic rings. The van der Waals surface area contributed by atoms with Crippen LogP contribution in [0.15, 0.2) is 30.5 Å². The van der Waals surface area contributed by atoms with E-state index >= 15 is 0 Å². The molecule has 1 atom stereocenters. The van der Waals surface area contributed by atoms with Crippen LogP contribution in [0.1, 0.15) is 5.56 Å². The Bertz CT molecular complexity index is 565. The average molecular weight is 291 g/mol. The molecule has 1 fully saturated rings. The SMILES string of the molecule is Fc1ccc(-c2[nH]ncc2CNC[C@@H]2COCCO2)cc1. The summed E-state index contributed by atoms with van der Waals surface area (Å²) in [5.74, 6) is -0.243. The van der Waals surface area contributed by atoms with Crippen molar-refractivity contribution in [2.75, 3.05) is 26.4 Å². The molecule has 2 N–H and O–H groups in total. The van der Waals surface area contributed by atoms with Gasteiger partial charge in [-0.15, -0.1) is 0 Å². The fourth-order valence-corrected chi connectivity index (χ4v) is 2.33. The molecule has 0 aliphatic carbocycles. The molecule has 1 aromatic carbocycles. The predicted molar refractivity (Wildman–Crippen MR) is 76.2 cm³/mol. The monoisotopic (exact) mass is 291 g/mol. The zero-order valence-corrected chi connectivity index (χ0v) is 11.6. The van der Waals surface area contributed by atoms with Crippen molar-refractivity contribution in [2.24, 2.45) is 0 Å². The summed E-state index contributed by atoms with van der Waals surface area (Å²) in [6, 6.07) is 6.37. The lowest BCUT2D eigenvalue weighted by molar-refractivity contribution is -0.0864. The maximum absolute atomic E-state index is 13.0. The van der Waals surface area contributed by atoms with Crippen LogP contribution in [-0.2, 0) is 16.0 Å². The van der Waals surface area contributed by atoms with Crippen LogP contribution < -0.4 is 5.32 Å². The van der Waals surface area contributed by atoms with Gasteiger partial charge in [0.1, 0.15) is 5.82 Å². The number of ether oxygens (including phenoxy) is 2. The third-order valence-electron chi connectivity index (χ3n) is 3.42. The third kappa shape index (κ3) is 3.66. The van der Waals surface area contributed by atoms with E-state index in [2.05, 4.69) is 15.5 Å². The molecule has 0 bridgehead atoms. The van der Waals surface area contributed by atoms with Gasteiger partial charge in [-0.3, -0.25) is 5.10 Å². The number of nitrogens with zero attached hydrogens (tertiary/aromatic N) is 1. The van der Waals surface area contributed by atoms with Crippen LogP contribution in [0.3, 0.4) is 0 Å². The Morgan fingerprint density at radius 2 is 2.14 bits per heavy atom. The van der Waals surface area contributed by atoms with Crippen LogP contribution in [0.5, 0.6) is 0 Å². The van der Waals surface area contributed by atoms with Crippen molar-refractivity contribution >= 4 is 0 Å². The van der Waals surface area contributed by atoms with E-state index in [1.807, 2.05) is 0 Å². The summed E-state index contributed by atoms with van der Waals surface area (Å²) >= 11 is 0. The molecule has 0 unspecified atom stereocenters. The molecule has 112 valence electrons. The fourth-order valence-electron chi connectivity index (χ4n) is 2.33. The van der Waals surface area contributed by atoms with Gasteiger partial charge >= 0.3 is 0 Å². The molecule has 5 nitrogen and oxygen atoms in total. The molecule has 1 saturated heterocycles. The van der Waals surface area contributed by atoms with Gasteiger partial charge in [0.15, 0.2) is 0 Å². The zero-order valence-electron chi connectivity index (χ0n) is 11.6. The Labute approximate surface area is 122 Å². The van der Waals surface area contributed by atoms with E-state index in [1.54, 1.807) is 18.3 Å². The van der Waals surface area contributed by atoms with Crippen LogP contribution in [0.4, 0.5) is 4.39 Å². The Balaban J connectivity index is 1.59. The van der Waals surface area contributed by atoms with Crippen molar-refractivity contribution in [3.63, 3.8) is 0 Å². The minimum atomic E-state index is -0.243. The van der Waals surface area contributed by atoms with Crippen LogP contribution in [-0.4, -0.2) is 42.7 Å². The number of H-pyrrole nitrogens is 1. The van der Waals surface area contributed by atoms with Crippen molar-refractivity contribution in [3.8, 4) is 11.3 Å². The largest absolute Gasteiger partial charge is 0.376 e. The number of nitrogens with one attached hydrogen (secondary N) is 2. The number of hydrogen-bond acceptors (Lipinski definition) is 4. The minimum absolute atomic E-state index is 0.0972. The third-order valence-corrected chi connectivity index (χ3v) is 3.42. The Morgan fingerprint density at radius 3 is 2.90 bits per heavy atom. The second-order valence-electron chi connectivity index (χ2n) is 4.98. The number of aromatic nitrogens is 2.